The SMILES string of the molecule is C=CCC(C#N)C(=C)C(=O)O. The Morgan fingerprint density at radius 3 is 2.64 bits per heavy atom. The second-order valence-corrected chi connectivity index (χ2v) is 2.04. The van der Waals surface area contributed by atoms with Crippen molar-refractivity contribution in [1.82, 2.24) is 0 Å². The third kappa shape index (κ3) is 2.67. The summed E-state index contributed by atoms with van der Waals surface area (Å²) >= 11 is 0. The van der Waals surface area contributed by atoms with Crippen molar-refractivity contribution in [2.75, 3.05) is 0 Å². The number of carboxylic acids is 1. The molecule has 0 aromatic carbocycles. The highest BCUT2D eigenvalue weighted by molar-refractivity contribution is 5.87. The van der Waals surface area contributed by atoms with Gasteiger partial charge < -0.3 is 5.11 Å². The molecule has 0 aromatic rings. The Morgan fingerprint density at radius 2 is 2.36 bits per heavy atom. The van der Waals surface area contributed by atoms with E-state index < -0.39 is 11.9 Å². The lowest BCUT2D eigenvalue weighted by atomic mass is 9.99. The molecule has 0 aliphatic rings. The first-order chi connectivity index (χ1) is 5.13. The average molecular weight is 151 g/mol. The predicted molar refractivity (Wildman–Crippen MR) is 40.7 cm³/mol. The predicted octanol–water partition coefficient (Wildman–Crippen LogP) is 1.34. The summed E-state index contributed by atoms with van der Waals surface area (Å²) in [6.07, 6.45) is 1.84. The summed E-state index contributed by atoms with van der Waals surface area (Å²) < 4.78 is 0. The first-order valence-electron chi connectivity index (χ1n) is 3.06. The van der Waals surface area contributed by atoms with Crippen molar-refractivity contribution in [3.63, 3.8) is 0 Å². The van der Waals surface area contributed by atoms with Gasteiger partial charge >= 0.3 is 5.97 Å². The van der Waals surface area contributed by atoms with E-state index in [1.807, 2.05) is 6.07 Å². The van der Waals surface area contributed by atoms with Crippen LogP contribution in [0.3, 0.4) is 0 Å². The molecule has 0 fully saturated rings. The van der Waals surface area contributed by atoms with E-state index in [2.05, 4.69) is 13.2 Å². The number of rotatable bonds is 4. The third-order valence-corrected chi connectivity index (χ3v) is 1.25. The fourth-order valence-electron chi connectivity index (χ4n) is 0.589. The summed E-state index contributed by atoms with van der Waals surface area (Å²) in [5.74, 6) is -1.77. The highest BCUT2D eigenvalue weighted by atomic mass is 16.4. The Balaban J connectivity index is 4.28. The van der Waals surface area contributed by atoms with Crippen LogP contribution in [0.25, 0.3) is 0 Å². The number of nitriles is 1. The second kappa shape index (κ2) is 4.29. The lowest BCUT2D eigenvalue weighted by Crippen LogP contribution is -2.08. The summed E-state index contributed by atoms with van der Waals surface area (Å²) in [4.78, 5) is 10.3. The van der Waals surface area contributed by atoms with Gasteiger partial charge in [0, 0.05) is 5.57 Å². The highest BCUT2D eigenvalue weighted by Crippen LogP contribution is 2.12. The fourth-order valence-corrected chi connectivity index (χ4v) is 0.589. The van der Waals surface area contributed by atoms with Crippen LogP contribution in [-0.4, -0.2) is 11.1 Å². The van der Waals surface area contributed by atoms with Crippen molar-refractivity contribution >= 4 is 5.97 Å². The molecule has 0 rings (SSSR count). The van der Waals surface area contributed by atoms with Crippen molar-refractivity contribution in [3.8, 4) is 6.07 Å². The summed E-state index contributed by atoms with van der Waals surface area (Å²) in [6.45, 7) is 6.68. The Hall–Kier alpha value is -1.56. The molecule has 0 heterocycles. The van der Waals surface area contributed by atoms with Gasteiger partial charge in [-0.25, -0.2) is 4.79 Å². The van der Waals surface area contributed by atoms with E-state index in [9.17, 15) is 4.79 Å². The molecule has 58 valence electrons. The molecule has 1 N–H and O–H groups in total. The topological polar surface area (TPSA) is 61.1 Å². The molecule has 0 aliphatic carbocycles. The Bertz CT molecular complexity index is 225. The van der Waals surface area contributed by atoms with Crippen molar-refractivity contribution in [3.05, 3.63) is 24.8 Å². The van der Waals surface area contributed by atoms with Crippen LogP contribution in [-0.2, 0) is 4.79 Å². The zero-order chi connectivity index (χ0) is 8.85. The van der Waals surface area contributed by atoms with Crippen molar-refractivity contribution < 1.29 is 9.90 Å². The molecule has 3 heteroatoms. The number of allylic oxidation sites excluding steroid dienone is 1. The molecule has 0 bridgehead atoms. The van der Waals surface area contributed by atoms with Crippen LogP contribution in [0, 0.1) is 17.2 Å². The number of carboxylic acid groups (broad SMARTS) is 1. The summed E-state index contributed by atoms with van der Waals surface area (Å²) in [5.41, 5.74) is -0.0765. The van der Waals surface area contributed by atoms with E-state index in [1.54, 1.807) is 0 Å². The maximum absolute atomic E-state index is 10.3. The maximum atomic E-state index is 10.3. The van der Waals surface area contributed by atoms with E-state index in [-0.39, 0.29) is 5.57 Å². The summed E-state index contributed by atoms with van der Waals surface area (Å²) in [7, 11) is 0. The van der Waals surface area contributed by atoms with Crippen molar-refractivity contribution in [1.29, 1.82) is 5.26 Å². The molecule has 0 aliphatic heterocycles. The van der Waals surface area contributed by atoms with Gasteiger partial charge in [-0.2, -0.15) is 5.26 Å². The molecular formula is C8H9NO2. The van der Waals surface area contributed by atoms with E-state index in [0.717, 1.165) is 0 Å². The van der Waals surface area contributed by atoms with E-state index in [0.29, 0.717) is 6.42 Å². The minimum absolute atomic E-state index is 0.0765. The van der Waals surface area contributed by atoms with Crippen molar-refractivity contribution in [2.24, 2.45) is 5.92 Å². The van der Waals surface area contributed by atoms with Crippen LogP contribution < -0.4 is 0 Å². The van der Waals surface area contributed by atoms with Crippen LogP contribution in [0.4, 0.5) is 0 Å². The lowest BCUT2D eigenvalue weighted by Gasteiger charge is -2.03. The number of hydrogen-bond acceptors (Lipinski definition) is 2. The summed E-state index contributed by atoms with van der Waals surface area (Å²) in [6, 6.07) is 1.83. The van der Waals surface area contributed by atoms with E-state index in [4.69, 9.17) is 10.4 Å². The van der Waals surface area contributed by atoms with Gasteiger partial charge in [0.05, 0.1) is 12.0 Å². The maximum Gasteiger partial charge on any atom is 0.332 e. The largest absolute Gasteiger partial charge is 0.478 e. The van der Waals surface area contributed by atoms with Gasteiger partial charge in [-0.05, 0) is 6.42 Å². The first kappa shape index (κ1) is 9.44. The number of aliphatic carboxylic acids is 1. The van der Waals surface area contributed by atoms with Gasteiger partial charge in [-0.1, -0.05) is 12.7 Å². The Kier molecular flexibility index (Phi) is 3.68. The van der Waals surface area contributed by atoms with Crippen LogP contribution in [0.5, 0.6) is 0 Å². The molecule has 0 saturated heterocycles. The van der Waals surface area contributed by atoms with Gasteiger partial charge in [0.15, 0.2) is 0 Å². The minimum Gasteiger partial charge on any atom is -0.478 e. The highest BCUT2D eigenvalue weighted by Gasteiger charge is 2.15. The molecule has 0 aromatic heterocycles. The van der Waals surface area contributed by atoms with Crippen LogP contribution >= 0.6 is 0 Å². The molecule has 0 spiro atoms. The van der Waals surface area contributed by atoms with E-state index in [1.165, 1.54) is 6.08 Å². The number of carbonyl (C=O) groups is 1. The third-order valence-electron chi connectivity index (χ3n) is 1.25. The Labute approximate surface area is 65.3 Å². The lowest BCUT2D eigenvalue weighted by molar-refractivity contribution is -0.133. The quantitative estimate of drug-likeness (QED) is 0.487. The van der Waals surface area contributed by atoms with Gasteiger partial charge in [0.1, 0.15) is 0 Å². The second-order valence-electron chi connectivity index (χ2n) is 2.04. The molecule has 3 nitrogen and oxygen atoms in total. The van der Waals surface area contributed by atoms with Crippen molar-refractivity contribution in [2.45, 2.75) is 6.42 Å². The van der Waals surface area contributed by atoms with E-state index >= 15 is 0 Å². The summed E-state index contributed by atoms with van der Waals surface area (Å²) in [5, 5.41) is 16.9. The minimum atomic E-state index is -1.13. The standard InChI is InChI=1S/C8H9NO2/c1-3-4-7(5-9)6(2)8(10)11/h3,7H,1-2,4H2,(H,10,11). The molecule has 0 saturated carbocycles. The molecule has 1 atom stereocenters. The zero-order valence-corrected chi connectivity index (χ0v) is 6.08. The Morgan fingerprint density at radius 1 is 1.82 bits per heavy atom. The monoisotopic (exact) mass is 151 g/mol. The van der Waals surface area contributed by atoms with Gasteiger partial charge in [0.2, 0.25) is 0 Å². The van der Waals surface area contributed by atoms with Gasteiger partial charge in [-0.3, -0.25) is 0 Å². The molecule has 11 heavy (non-hydrogen) atoms. The van der Waals surface area contributed by atoms with Crippen LogP contribution in [0.1, 0.15) is 6.42 Å². The fraction of sp³-hybridized carbons (Fsp3) is 0.250. The molecule has 0 radical (unpaired) electrons. The van der Waals surface area contributed by atoms with Gasteiger partial charge in [0.25, 0.3) is 0 Å². The van der Waals surface area contributed by atoms with Gasteiger partial charge in [-0.15, -0.1) is 6.58 Å². The average Bonchev–Trinajstić information content (AvgIpc) is 1.98. The van der Waals surface area contributed by atoms with Crippen LogP contribution in [0.2, 0.25) is 0 Å². The molecule has 0 amide bonds. The smallest absolute Gasteiger partial charge is 0.332 e. The molecule has 1 unspecified atom stereocenters. The number of nitrogens with zero attached hydrogens (tertiary/aromatic N) is 1. The number of hydrogen-bond donors (Lipinski definition) is 1. The zero-order valence-electron chi connectivity index (χ0n) is 6.08. The first-order valence-corrected chi connectivity index (χ1v) is 3.06. The van der Waals surface area contributed by atoms with Crippen LogP contribution in [0.15, 0.2) is 24.8 Å². The normalized spacial score (nSPS) is 11.2. The molecular weight excluding hydrogens is 142 g/mol.